The molecule has 110 valence electrons. The summed E-state index contributed by atoms with van der Waals surface area (Å²) in [7, 11) is 0. The summed E-state index contributed by atoms with van der Waals surface area (Å²) in [4.78, 5) is 14.1. The minimum Gasteiger partial charge on any atom is -0.371 e. The fraction of sp³-hybridized carbons (Fsp3) is 0.588. The van der Waals surface area contributed by atoms with Crippen LogP contribution in [0.3, 0.4) is 0 Å². The van der Waals surface area contributed by atoms with Gasteiger partial charge < -0.3 is 10.2 Å². The highest BCUT2D eigenvalue weighted by Crippen LogP contribution is 2.24. The molecule has 1 aromatic rings. The third-order valence-electron chi connectivity index (χ3n) is 3.83. The molecule has 3 nitrogen and oxygen atoms in total. The lowest BCUT2D eigenvalue weighted by atomic mass is 10.1. The van der Waals surface area contributed by atoms with Crippen LogP contribution in [0, 0.1) is 18.8 Å². The third-order valence-corrected chi connectivity index (χ3v) is 3.83. The molecule has 1 aliphatic rings. The average Bonchev–Trinajstić information content (AvgIpc) is 2.84. The zero-order valence-corrected chi connectivity index (χ0v) is 12.9. The Bertz CT molecular complexity index is 456. The molecule has 1 heterocycles. The van der Waals surface area contributed by atoms with Crippen LogP contribution in [0.15, 0.2) is 24.3 Å². The minimum atomic E-state index is 0.189. The summed E-state index contributed by atoms with van der Waals surface area (Å²) in [6.45, 7) is 9.24. The molecule has 0 saturated carbocycles. The van der Waals surface area contributed by atoms with Gasteiger partial charge in [-0.15, -0.1) is 0 Å². The molecular weight excluding hydrogens is 248 g/mol. The maximum Gasteiger partial charge on any atom is 0.220 e. The van der Waals surface area contributed by atoms with Gasteiger partial charge in [-0.3, -0.25) is 4.79 Å². The summed E-state index contributed by atoms with van der Waals surface area (Å²) in [5.74, 6) is 1.20. The molecule has 2 rings (SSSR count). The number of rotatable bonds is 5. The number of benzene rings is 1. The van der Waals surface area contributed by atoms with E-state index in [0.717, 1.165) is 26.1 Å². The van der Waals surface area contributed by atoms with Gasteiger partial charge in [0.2, 0.25) is 5.91 Å². The highest BCUT2D eigenvalue weighted by Gasteiger charge is 2.23. The summed E-state index contributed by atoms with van der Waals surface area (Å²) in [5, 5.41) is 3.07. The van der Waals surface area contributed by atoms with E-state index in [4.69, 9.17) is 0 Å². The van der Waals surface area contributed by atoms with Crippen LogP contribution >= 0.6 is 0 Å². The van der Waals surface area contributed by atoms with Crippen molar-refractivity contribution in [2.45, 2.75) is 33.6 Å². The molecule has 1 atom stereocenters. The van der Waals surface area contributed by atoms with E-state index in [9.17, 15) is 4.79 Å². The summed E-state index contributed by atoms with van der Waals surface area (Å²) >= 11 is 0. The van der Waals surface area contributed by atoms with Crippen LogP contribution in [-0.4, -0.2) is 25.5 Å². The Balaban J connectivity index is 1.79. The molecule has 1 amide bonds. The first-order valence-electron chi connectivity index (χ1n) is 7.63. The van der Waals surface area contributed by atoms with Gasteiger partial charge in [0.25, 0.3) is 0 Å². The van der Waals surface area contributed by atoms with Gasteiger partial charge in [-0.2, -0.15) is 0 Å². The SMILES string of the molecule is Cc1cccc(N2CCC(CNC(=O)CC(C)C)C2)c1. The molecule has 0 bridgehead atoms. The lowest BCUT2D eigenvalue weighted by Crippen LogP contribution is -2.31. The van der Waals surface area contributed by atoms with Gasteiger partial charge in [0.1, 0.15) is 0 Å². The molecule has 0 spiro atoms. The maximum atomic E-state index is 11.7. The molecule has 1 N–H and O–H groups in total. The van der Waals surface area contributed by atoms with Crippen molar-refractivity contribution in [1.29, 1.82) is 0 Å². The number of amides is 1. The second-order valence-corrected chi connectivity index (χ2v) is 6.34. The zero-order valence-electron chi connectivity index (χ0n) is 12.9. The van der Waals surface area contributed by atoms with E-state index in [2.05, 4.69) is 55.3 Å². The zero-order chi connectivity index (χ0) is 14.5. The predicted octanol–water partition coefficient (Wildman–Crippen LogP) is 2.98. The molecule has 20 heavy (non-hydrogen) atoms. The van der Waals surface area contributed by atoms with E-state index in [0.29, 0.717) is 18.3 Å². The molecule has 0 aromatic heterocycles. The molecular formula is C17H26N2O. The monoisotopic (exact) mass is 274 g/mol. The van der Waals surface area contributed by atoms with Crippen molar-refractivity contribution >= 4 is 11.6 Å². The fourth-order valence-corrected chi connectivity index (χ4v) is 2.76. The standard InChI is InChI=1S/C17H26N2O/c1-13(2)9-17(20)18-11-15-7-8-19(12-15)16-6-4-5-14(3)10-16/h4-6,10,13,15H,7-9,11-12H2,1-3H3,(H,18,20). The van der Waals surface area contributed by atoms with Crippen LogP contribution in [0.4, 0.5) is 5.69 Å². The summed E-state index contributed by atoms with van der Waals surface area (Å²) in [5.41, 5.74) is 2.61. The summed E-state index contributed by atoms with van der Waals surface area (Å²) < 4.78 is 0. The Morgan fingerprint density at radius 2 is 2.25 bits per heavy atom. The summed E-state index contributed by atoms with van der Waals surface area (Å²) in [6, 6.07) is 8.65. The number of nitrogens with zero attached hydrogens (tertiary/aromatic N) is 1. The molecule has 1 aromatic carbocycles. The van der Waals surface area contributed by atoms with E-state index >= 15 is 0 Å². The topological polar surface area (TPSA) is 32.3 Å². The fourth-order valence-electron chi connectivity index (χ4n) is 2.76. The number of anilines is 1. The molecule has 0 aliphatic carbocycles. The van der Waals surface area contributed by atoms with E-state index in [1.807, 2.05) is 0 Å². The first kappa shape index (κ1) is 14.9. The Hall–Kier alpha value is -1.51. The highest BCUT2D eigenvalue weighted by molar-refractivity contribution is 5.76. The van der Waals surface area contributed by atoms with Gasteiger partial charge in [-0.05, 0) is 42.9 Å². The molecule has 3 heteroatoms. The van der Waals surface area contributed by atoms with E-state index in [1.54, 1.807) is 0 Å². The average molecular weight is 274 g/mol. The van der Waals surface area contributed by atoms with Gasteiger partial charge in [0.15, 0.2) is 0 Å². The molecule has 1 unspecified atom stereocenters. The molecule has 1 fully saturated rings. The Morgan fingerprint density at radius 3 is 2.95 bits per heavy atom. The normalized spacial score (nSPS) is 18.6. The predicted molar refractivity (Wildman–Crippen MR) is 84.0 cm³/mol. The van der Waals surface area contributed by atoms with Crippen LogP contribution in [0.25, 0.3) is 0 Å². The van der Waals surface area contributed by atoms with Gasteiger partial charge in [-0.25, -0.2) is 0 Å². The Labute approximate surface area is 122 Å². The van der Waals surface area contributed by atoms with Crippen molar-refractivity contribution in [3.8, 4) is 0 Å². The van der Waals surface area contributed by atoms with Gasteiger partial charge in [0.05, 0.1) is 0 Å². The Morgan fingerprint density at radius 1 is 1.45 bits per heavy atom. The quantitative estimate of drug-likeness (QED) is 0.895. The van der Waals surface area contributed by atoms with Gasteiger partial charge >= 0.3 is 0 Å². The van der Waals surface area contributed by atoms with E-state index in [1.165, 1.54) is 11.3 Å². The number of hydrogen-bond donors (Lipinski definition) is 1. The number of carbonyl (C=O) groups is 1. The first-order chi connectivity index (χ1) is 9.54. The van der Waals surface area contributed by atoms with Crippen molar-refractivity contribution in [2.75, 3.05) is 24.5 Å². The number of nitrogens with one attached hydrogen (secondary N) is 1. The first-order valence-corrected chi connectivity index (χ1v) is 7.63. The maximum absolute atomic E-state index is 11.7. The molecule has 0 radical (unpaired) electrons. The van der Waals surface area contributed by atoms with Crippen molar-refractivity contribution in [3.63, 3.8) is 0 Å². The summed E-state index contributed by atoms with van der Waals surface area (Å²) in [6.07, 6.45) is 1.80. The van der Waals surface area contributed by atoms with Crippen molar-refractivity contribution in [1.82, 2.24) is 5.32 Å². The van der Waals surface area contributed by atoms with Crippen LogP contribution < -0.4 is 10.2 Å². The van der Waals surface area contributed by atoms with Crippen molar-refractivity contribution in [3.05, 3.63) is 29.8 Å². The lowest BCUT2D eigenvalue weighted by Gasteiger charge is -2.19. The molecule has 1 aliphatic heterocycles. The largest absolute Gasteiger partial charge is 0.371 e. The second kappa shape index (κ2) is 6.78. The van der Waals surface area contributed by atoms with Crippen molar-refractivity contribution < 1.29 is 4.79 Å². The Kier molecular flexibility index (Phi) is 5.05. The van der Waals surface area contributed by atoms with Crippen molar-refractivity contribution in [2.24, 2.45) is 11.8 Å². The number of carbonyl (C=O) groups excluding carboxylic acids is 1. The highest BCUT2D eigenvalue weighted by atomic mass is 16.1. The third kappa shape index (κ3) is 4.26. The van der Waals surface area contributed by atoms with Gasteiger partial charge in [-0.1, -0.05) is 26.0 Å². The van der Waals surface area contributed by atoms with E-state index in [-0.39, 0.29) is 5.91 Å². The lowest BCUT2D eigenvalue weighted by molar-refractivity contribution is -0.121. The second-order valence-electron chi connectivity index (χ2n) is 6.34. The molecule has 1 saturated heterocycles. The van der Waals surface area contributed by atoms with Crippen LogP contribution in [-0.2, 0) is 4.79 Å². The van der Waals surface area contributed by atoms with Crippen LogP contribution in [0.5, 0.6) is 0 Å². The van der Waals surface area contributed by atoms with Crippen LogP contribution in [0.2, 0.25) is 0 Å². The number of hydrogen-bond acceptors (Lipinski definition) is 2. The minimum absolute atomic E-state index is 0.189. The van der Waals surface area contributed by atoms with E-state index < -0.39 is 0 Å². The van der Waals surface area contributed by atoms with Gasteiger partial charge in [0, 0.05) is 31.7 Å². The van der Waals surface area contributed by atoms with Crippen LogP contribution in [0.1, 0.15) is 32.3 Å². The smallest absolute Gasteiger partial charge is 0.220 e. The number of aryl methyl sites for hydroxylation is 1.